The molecule has 0 aliphatic carbocycles. The average Bonchev–Trinajstić information content (AvgIpc) is 2.61. The molecule has 0 bridgehead atoms. The van der Waals surface area contributed by atoms with E-state index in [1.165, 1.54) is 12.1 Å². The Kier molecular flexibility index (Phi) is 4.23. The highest BCUT2D eigenvalue weighted by molar-refractivity contribution is 7.98. The number of benzene rings is 1. The number of halogens is 1. The third kappa shape index (κ3) is 2.90. The molecule has 0 fully saturated rings. The summed E-state index contributed by atoms with van der Waals surface area (Å²) in [5, 5.41) is 0. The molecule has 0 atom stereocenters. The maximum Gasteiger partial charge on any atom is 0.178 e. The fraction of sp³-hybridized carbons (Fsp3) is 0.417. The third-order valence-corrected chi connectivity index (χ3v) is 3.74. The van der Waals surface area contributed by atoms with E-state index in [1.807, 2.05) is 16.3 Å². The quantitative estimate of drug-likeness (QED) is 0.655. The molecule has 0 aliphatic heterocycles. The largest absolute Gasteiger partial charge is 0.331 e. The van der Waals surface area contributed by atoms with Crippen molar-refractivity contribution in [1.29, 1.82) is 0 Å². The van der Waals surface area contributed by atoms with Crippen LogP contribution in [0.3, 0.4) is 0 Å². The number of aromatic nitrogens is 2. The van der Waals surface area contributed by atoms with Gasteiger partial charge in [0, 0.05) is 6.54 Å². The van der Waals surface area contributed by atoms with Crippen LogP contribution >= 0.6 is 24.0 Å². The number of aromatic amines is 1. The molecule has 1 N–H and O–H groups in total. The second-order valence-electron chi connectivity index (χ2n) is 3.94. The number of unbranched alkanes of at least 4 members (excludes halogenated alkanes) is 1. The van der Waals surface area contributed by atoms with Gasteiger partial charge in [0.1, 0.15) is 5.82 Å². The summed E-state index contributed by atoms with van der Waals surface area (Å²) >= 11 is 7.10. The molecule has 17 heavy (non-hydrogen) atoms. The van der Waals surface area contributed by atoms with Crippen LogP contribution in [0.2, 0.25) is 0 Å². The number of thioether (sulfide) groups is 1. The van der Waals surface area contributed by atoms with Gasteiger partial charge in [-0.1, -0.05) is 0 Å². The topological polar surface area (TPSA) is 20.7 Å². The van der Waals surface area contributed by atoms with Gasteiger partial charge in [-0.15, -0.1) is 0 Å². The number of fused-ring (bicyclic) bond motifs is 1. The zero-order chi connectivity index (χ0) is 12.3. The highest BCUT2D eigenvalue weighted by atomic mass is 32.2. The summed E-state index contributed by atoms with van der Waals surface area (Å²) in [6, 6.07) is 4.72. The molecule has 0 unspecified atom stereocenters. The van der Waals surface area contributed by atoms with Crippen molar-refractivity contribution in [2.75, 3.05) is 12.0 Å². The van der Waals surface area contributed by atoms with Crippen LogP contribution in [0, 0.1) is 10.6 Å². The number of imidazole rings is 1. The van der Waals surface area contributed by atoms with Crippen LogP contribution < -0.4 is 0 Å². The predicted molar refractivity (Wildman–Crippen MR) is 74.7 cm³/mol. The minimum Gasteiger partial charge on any atom is -0.331 e. The second kappa shape index (κ2) is 5.69. The Morgan fingerprint density at radius 1 is 1.41 bits per heavy atom. The van der Waals surface area contributed by atoms with E-state index >= 15 is 0 Å². The van der Waals surface area contributed by atoms with Gasteiger partial charge in [-0.05, 0) is 55.3 Å². The molecule has 2 nitrogen and oxygen atoms in total. The molecule has 0 radical (unpaired) electrons. The van der Waals surface area contributed by atoms with Crippen LogP contribution in [-0.2, 0) is 6.54 Å². The van der Waals surface area contributed by atoms with Gasteiger partial charge in [0.25, 0.3) is 0 Å². The van der Waals surface area contributed by atoms with Gasteiger partial charge in [-0.2, -0.15) is 11.8 Å². The molecule has 0 spiro atoms. The maximum absolute atomic E-state index is 13.2. The Balaban J connectivity index is 2.23. The fourth-order valence-electron chi connectivity index (χ4n) is 1.86. The molecule has 0 amide bonds. The zero-order valence-electron chi connectivity index (χ0n) is 9.70. The van der Waals surface area contributed by atoms with E-state index in [9.17, 15) is 4.39 Å². The van der Waals surface area contributed by atoms with Crippen molar-refractivity contribution in [3.63, 3.8) is 0 Å². The number of nitrogens with zero attached hydrogens (tertiary/aromatic N) is 1. The molecule has 2 aromatic rings. The second-order valence-corrected chi connectivity index (χ2v) is 5.32. The Labute approximate surface area is 109 Å². The molecule has 0 saturated heterocycles. The average molecular weight is 270 g/mol. The standard InChI is InChI=1S/C12H15FN2S2/c1-17-7-3-2-6-15-11-8-9(13)4-5-10(11)14-12(15)16/h4-5,8H,2-3,6-7H2,1H3,(H,14,16). The van der Waals surface area contributed by atoms with Gasteiger partial charge >= 0.3 is 0 Å². The van der Waals surface area contributed by atoms with E-state index in [0.29, 0.717) is 4.77 Å². The normalized spacial score (nSPS) is 11.2. The van der Waals surface area contributed by atoms with E-state index in [1.54, 1.807) is 6.07 Å². The Bertz CT molecular complexity index is 559. The van der Waals surface area contributed by atoms with E-state index in [4.69, 9.17) is 12.2 Å². The van der Waals surface area contributed by atoms with Crippen LogP contribution in [0.4, 0.5) is 4.39 Å². The minimum absolute atomic E-state index is 0.218. The van der Waals surface area contributed by atoms with Crippen LogP contribution in [0.5, 0.6) is 0 Å². The molecule has 1 aromatic heterocycles. The van der Waals surface area contributed by atoms with Gasteiger partial charge in [0.15, 0.2) is 4.77 Å². The van der Waals surface area contributed by atoms with Crippen molar-refractivity contribution in [3.8, 4) is 0 Å². The minimum atomic E-state index is -0.218. The van der Waals surface area contributed by atoms with Crippen molar-refractivity contribution in [3.05, 3.63) is 28.8 Å². The number of hydrogen-bond donors (Lipinski definition) is 1. The number of hydrogen-bond acceptors (Lipinski definition) is 2. The number of nitrogens with one attached hydrogen (secondary N) is 1. The molecule has 1 heterocycles. The Morgan fingerprint density at radius 2 is 2.24 bits per heavy atom. The van der Waals surface area contributed by atoms with E-state index in [2.05, 4.69) is 11.2 Å². The van der Waals surface area contributed by atoms with Gasteiger partial charge < -0.3 is 9.55 Å². The highest BCUT2D eigenvalue weighted by Crippen LogP contribution is 2.16. The maximum atomic E-state index is 13.2. The lowest BCUT2D eigenvalue weighted by molar-refractivity contribution is 0.622. The lowest BCUT2D eigenvalue weighted by atomic mass is 10.3. The summed E-state index contributed by atoms with van der Waals surface area (Å²) in [6.07, 6.45) is 4.33. The molecule has 5 heteroatoms. The first kappa shape index (κ1) is 12.6. The lowest BCUT2D eigenvalue weighted by Gasteiger charge is -2.03. The smallest absolute Gasteiger partial charge is 0.178 e. The summed E-state index contributed by atoms with van der Waals surface area (Å²) < 4.78 is 15.9. The van der Waals surface area contributed by atoms with Gasteiger partial charge in [-0.25, -0.2) is 4.39 Å². The summed E-state index contributed by atoms with van der Waals surface area (Å²) in [4.78, 5) is 3.10. The van der Waals surface area contributed by atoms with E-state index in [-0.39, 0.29) is 5.82 Å². The Morgan fingerprint density at radius 3 is 3.00 bits per heavy atom. The van der Waals surface area contributed by atoms with Gasteiger partial charge in [-0.3, -0.25) is 0 Å². The van der Waals surface area contributed by atoms with E-state index in [0.717, 1.165) is 36.2 Å². The summed E-state index contributed by atoms with van der Waals surface area (Å²) in [5.41, 5.74) is 1.76. The third-order valence-electron chi connectivity index (χ3n) is 2.72. The molecule has 2 rings (SSSR count). The summed E-state index contributed by atoms with van der Waals surface area (Å²) in [6.45, 7) is 0.850. The summed E-state index contributed by atoms with van der Waals surface area (Å²) in [7, 11) is 0. The number of rotatable bonds is 5. The first-order chi connectivity index (χ1) is 8.22. The van der Waals surface area contributed by atoms with E-state index < -0.39 is 0 Å². The van der Waals surface area contributed by atoms with Crippen LogP contribution in [0.25, 0.3) is 11.0 Å². The molecule has 0 saturated carbocycles. The molecule has 1 aromatic carbocycles. The van der Waals surface area contributed by atoms with Crippen LogP contribution in [0.1, 0.15) is 12.8 Å². The fourth-order valence-corrected chi connectivity index (χ4v) is 2.66. The predicted octanol–water partition coefficient (Wildman–Crippen LogP) is 3.98. The molecule has 0 aliphatic rings. The Hall–Kier alpha value is -0.810. The lowest BCUT2D eigenvalue weighted by Crippen LogP contribution is -1.98. The first-order valence-corrected chi connectivity index (χ1v) is 7.39. The monoisotopic (exact) mass is 270 g/mol. The van der Waals surface area contributed by atoms with Crippen LogP contribution in [0.15, 0.2) is 18.2 Å². The van der Waals surface area contributed by atoms with Crippen molar-refractivity contribution in [2.45, 2.75) is 19.4 Å². The molecule has 92 valence electrons. The van der Waals surface area contributed by atoms with Crippen molar-refractivity contribution < 1.29 is 4.39 Å². The van der Waals surface area contributed by atoms with Crippen molar-refractivity contribution in [2.24, 2.45) is 0 Å². The highest BCUT2D eigenvalue weighted by Gasteiger charge is 2.04. The SMILES string of the molecule is CSCCCCn1c(=S)[nH]c2ccc(F)cc21. The first-order valence-electron chi connectivity index (χ1n) is 5.59. The summed E-state index contributed by atoms with van der Waals surface area (Å²) in [5.74, 6) is 0.939. The van der Waals surface area contributed by atoms with Gasteiger partial charge in [0.05, 0.1) is 11.0 Å². The number of H-pyrrole nitrogens is 1. The zero-order valence-corrected chi connectivity index (χ0v) is 11.3. The van der Waals surface area contributed by atoms with Crippen LogP contribution in [-0.4, -0.2) is 21.6 Å². The van der Waals surface area contributed by atoms with Crippen molar-refractivity contribution in [1.82, 2.24) is 9.55 Å². The number of aryl methyl sites for hydroxylation is 1. The molecular formula is C12H15FN2S2. The molecular weight excluding hydrogens is 255 g/mol. The van der Waals surface area contributed by atoms with Gasteiger partial charge in [0.2, 0.25) is 0 Å². The van der Waals surface area contributed by atoms with Crippen molar-refractivity contribution >= 4 is 35.0 Å².